The first kappa shape index (κ1) is 11.2. The van der Waals surface area contributed by atoms with Gasteiger partial charge in [-0.25, -0.2) is 0 Å². The van der Waals surface area contributed by atoms with E-state index in [1.165, 1.54) is 5.56 Å². The number of nitrogens with two attached hydrogens (primary N) is 1. The number of rotatable bonds is 2. The standard InChI is InChI=1S/C12H14BrN3/c1-3-8-4-6-9(7-5-8)11-10(13)12(14)15-16(11)2/h4-7H,3H2,1-2H3,(H2,14,15). The number of anilines is 1. The molecule has 1 heterocycles. The number of aromatic nitrogens is 2. The summed E-state index contributed by atoms with van der Waals surface area (Å²) in [6.45, 7) is 2.15. The van der Waals surface area contributed by atoms with Crippen molar-refractivity contribution >= 4 is 21.7 Å². The van der Waals surface area contributed by atoms with E-state index in [1.807, 2.05) is 7.05 Å². The fourth-order valence-corrected chi connectivity index (χ4v) is 2.30. The second-order valence-electron chi connectivity index (χ2n) is 3.72. The number of benzene rings is 1. The van der Waals surface area contributed by atoms with Crippen LogP contribution >= 0.6 is 15.9 Å². The Kier molecular flexibility index (Phi) is 3.01. The van der Waals surface area contributed by atoms with Crippen molar-refractivity contribution in [3.63, 3.8) is 0 Å². The molecule has 0 aliphatic carbocycles. The van der Waals surface area contributed by atoms with Crippen molar-refractivity contribution in [2.24, 2.45) is 7.05 Å². The van der Waals surface area contributed by atoms with Crippen LogP contribution in [0.4, 0.5) is 5.82 Å². The average Bonchev–Trinajstić information content (AvgIpc) is 2.54. The van der Waals surface area contributed by atoms with E-state index >= 15 is 0 Å². The summed E-state index contributed by atoms with van der Waals surface area (Å²) in [7, 11) is 1.89. The lowest BCUT2D eigenvalue weighted by atomic mass is 10.1. The molecular formula is C12H14BrN3. The van der Waals surface area contributed by atoms with E-state index in [9.17, 15) is 0 Å². The third-order valence-corrected chi connectivity index (χ3v) is 3.43. The van der Waals surface area contributed by atoms with E-state index in [4.69, 9.17) is 5.73 Å². The summed E-state index contributed by atoms with van der Waals surface area (Å²) in [6, 6.07) is 8.45. The maximum absolute atomic E-state index is 5.76. The molecule has 2 rings (SSSR count). The molecule has 4 heteroatoms. The zero-order valence-corrected chi connectivity index (χ0v) is 11.0. The molecule has 0 spiro atoms. The van der Waals surface area contributed by atoms with E-state index in [1.54, 1.807) is 4.68 Å². The van der Waals surface area contributed by atoms with Gasteiger partial charge in [0.05, 0.1) is 10.2 Å². The van der Waals surface area contributed by atoms with Gasteiger partial charge in [0.25, 0.3) is 0 Å². The Balaban J connectivity index is 2.50. The topological polar surface area (TPSA) is 43.8 Å². The summed E-state index contributed by atoms with van der Waals surface area (Å²) in [5, 5.41) is 4.18. The zero-order valence-electron chi connectivity index (χ0n) is 9.37. The number of hydrogen-bond acceptors (Lipinski definition) is 2. The summed E-state index contributed by atoms with van der Waals surface area (Å²) in [5.41, 5.74) is 9.22. The van der Waals surface area contributed by atoms with Crippen LogP contribution < -0.4 is 5.73 Å². The van der Waals surface area contributed by atoms with Gasteiger partial charge in [0.15, 0.2) is 5.82 Å². The lowest BCUT2D eigenvalue weighted by Gasteiger charge is -2.04. The molecule has 1 aromatic carbocycles. The second kappa shape index (κ2) is 4.29. The fraction of sp³-hybridized carbons (Fsp3) is 0.250. The normalized spacial score (nSPS) is 10.7. The minimum atomic E-state index is 0.525. The average molecular weight is 280 g/mol. The molecule has 0 radical (unpaired) electrons. The highest BCUT2D eigenvalue weighted by atomic mass is 79.9. The molecule has 0 fully saturated rings. The predicted molar refractivity (Wildman–Crippen MR) is 70.1 cm³/mol. The molecule has 0 aliphatic rings. The van der Waals surface area contributed by atoms with Crippen molar-refractivity contribution in [2.45, 2.75) is 13.3 Å². The van der Waals surface area contributed by atoms with Crippen LogP contribution in [0.2, 0.25) is 0 Å². The number of nitrogens with zero attached hydrogens (tertiary/aromatic N) is 2. The molecular weight excluding hydrogens is 266 g/mol. The summed E-state index contributed by atoms with van der Waals surface area (Å²) in [5.74, 6) is 0.525. The number of hydrogen-bond donors (Lipinski definition) is 1. The quantitative estimate of drug-likeness (QED) is 0.919. The van der Waals surface area contributed by atoms with E-state index in [0.29, 0.717) is 5.82 Å². The Morgan fingerprint density at radius 3 is 2.38 bits per heavy atom. The second-order valence-corrected chi connectivity index (χ2v) is 4.51. The van der Waals surface area contributed by atoms with E-state index in [-0.39, 0.29) is 0 Å². The molecule has 0 unspecified atom stereocenters. The largest absolute Gasteiger partial charge is 0.381 e. The van der Waals surface area contributed by atoms with Crippen molar-refractivity contribution in [1.29, 1.82) is 0 Å². The van der Waals surface area contributed by atoms with Crippen LogP contribution in [-0.2, 0) is 13.5 Å². The van der Waals surface area contributed by atoms with Gasteiger partial charge in [0, 0.05) is 12.6 Å². The first-order chi connectivity index (χ1) is 7.63. The maximum atomic E-state index is 5.76. The monoisotopic (exact) mass is 279 g/mol. The molecule has 0 saturated carbocycles. The molecule has 84 valence electrons. The van der Waals surface area contributed by atoms with E-state index < -0.39 is 0 Å². The fourth-order valence-electron chi connectivity index (χ4n) is 1.73. The Morgan fingerprint density at radius 1 is 1.31 bits per heavy atom. The summed E-state index contributed by atoms with van der Waals surface area (Å²) in [6.07, 6.45) is 1.05. The first-order valence-electron chi connectivity index (χ1n) is 5.20. The molecule has 2 N–H and O–H groups in total. The highest BCUT2D eigenvalue weighted by molar-refractivity contribution is 9.10. The molecule has 0 amide bonds. The summed E-state index contributed by atoms with van der Waals surface area (Å²) >= 11 is 3.46. The van der Waals surface area contributed by atoms with E-state index in [0.717, 1.165) is 22.2 Å². The molecule has 2 aromatic rings. The van der Waals surface area contributed by atoms with Crippen molar-refractivity contribution in [3.8, 4) is 11.3 Å². The van der Waals surface area contributed by atoms with Crippen molar-refractivity contribution < 1.29 is 0 Å². The Hall–Kier alpha value is -1.29. The number of nitrogen functional groups attached to an aromatic ring is 1. The molecule has 0 aliphatic heterocycles. The van der Waals surface area contributed by atoms with Gasteiger partial charge in [-0.2, -0.15) is 5.10 Å². The van der Waals surface area contributed by atoms with Crippen LogP contribution in [0.5, 0.6) is 0 Å². The van der Waals surface area contributed by atoms with Gasteiger partial charge in [-0.3, -0.25) is 4.68 Å². The predicted octanol–water partition coefficient (Wildman–Crippen LogP) is 2.99. The van der Waals surface area contributed by atoms with Gasteiger partial charge in [-0.05, 0) is 27.9 Å². The molecule has 1 aromatic heterocycles. The number of aryl methyl sites for hydroxylation is 2. The van der Waals surface area contributed by atoms with Crippen molar-refractivity contribution in [3.05, 3.63) is 34.3 Å². The van der Waals surface area contributed by atoms with Gasteiger partial charge in [-0.1, -0.05) is 31.2 Å². The molecule has 3 nitrogen and oxygen atoms in total. The maximum Gasteiger partial charge on any atom is 0.160 e. The molecule has 16 heavy (non-hydrogen) atoms. The minimum Gasteiger partial charge on any atom is -0.381 e. The van der Waals surface area contributed by atoms with Gasteiger partial charge in [-0.15, -0.1) is 0 Å². The summed E-state index contributed by atoms with van der Waals surface area (Å²) < 4.78 is 2.65. The lowest BCUT2D eigenvalue weighted by molar-refractivity contribution is 0.780. The van der Waals surface area contributed by atoms with Crippen LogP contribution in [0, 0.1) is 0 Å². The SMILES string of the molecule is CCc1ccc(-c2c(Br)c(N)nn2C)cc1. The molecule has 0 bridgehead atoms. The lowest BCUT2D eigenvalue weighted by Crippen LogP contribution is -1.94. The number of halogens is 1. The van der Waals surface area contributed by atoms with Crippen LogP contribution in [0.3, 0.4) is 0 Å². The highest BCUT2D eigenvalue weighted by Gasteiger charge is 2.12. The Bertz CT molecular complexity index is 500. The van der Waals surface area contributed by atoms with Crippen LogP contribution in [0.15, 0.2) is 28.7 Å². The Labute approximate surface area is 103 Å². The Morgan fingerprint density at radius 2 is 1.94 bits per heavy atom. The summed E-state index contributed by atoms with van der Waals surface area (Å²) in [4.78, 5) is 0. The minimum absolute atomic E-state index is 0.525. The molecule has 0 atom stereocenters. The smallest absolute Gasteiger partial charge is 0.160 e. The third kappa shape index (κ3) is 1.85. The van der Waals surface area contributed by atoms with Gasteiger partial charge >= 0.3 is 0 Å². The molecule has 0 saturated heterocycles. The van der Waals surface area contributed by atoms with Gasteiger partial charge in [0.1, 0.15) is 0 Å². The first-order valence-corrected chi connectivity index (χ1v) is 6.00. The van der Waals surface area contributed by atoms with Crippen molar-refractivity contribution in [2.75, 3.05) is 5.73 Å². The van der Waals surface area contributed by atoms with E-state index in [2.05, 4.69) is 52.2 Å². The van der Waals surface area contributed by atoms with Gasteiger partial charge in [0.2, 0.25) is 0 Å². The third-order valence-electron chi connectivity index (χ3n) is 2.65. The van der Waals surface area contributed by atoms with Crippen LogP contribution in [0.25, 0.3) is 11.3 Å². The van der Waals surface area contributed by atoms with Gasteiger partial charge < -0.3 is 5.73 Å². The van der Waals surface area contributed by atoms with Crippen LogP contribution in [0.1, 0.15) is 12.5 Å². The zero-order chi connectivity index (χ0) is 11.7. The van der Waals surface area contributed by atoms with Crippen molar-refractivity contribution in [1.82, 2.24) is 9.78 Å². The van der Waals surface area contributed by atoms with Crippen LogP contribution in [-0.4, -0.2) is 9.78 Å². The highest BCUT2D eigenvalue weighted by Crippen LogP contribution is 2.32.